The van der Waals surface area contributed by atoms with Crippen LogP contribution in [0.25, 0.3) is 0 Å². The van der Waals surface area contributed by atoms with E-state index in [0.717, 1.165) is 24.1 Å². The van der Waals surface area contributed by atoms with E-state index in [1.807, 2.05) is 6.92 Å². The quantitative estimate of drug-likeness (QED) is 0.336. The lowest BCUT2D eigenvalue weighted by Gasteiger charge is -2.39. The molecule has 0 aliphatic carbocycles. The first-order chi connectivity index (χ1) is 9.01. The summed E-state index contributed by atoms with van der Waals surface area (Å²) in [7, 11) is 0. The third-order valence-corrected chi connectivity index (χ3v) is 5.18. The van der Waals surface area contributed by atoms with Crippen molar-refractivity contribution in [1.82, 2.24) is 4.72 Å². The molecule has 5 atom stereocenters. The predicted molar refractivity (Wildman–Crippen MR) is 79.8 cm³/mol. The van der Waals surface area contributed by atoms with Crippen LogP contribution in [-0.2, 0) is 4.74 Å². The van der Waals surface area contributed by atoms with Crippen LogP contribution in [0.4, 0.5) is 0 Å². The third-order valence-electron chi connectivity index (χ3n) is 2.54. The van der Waals surface area contributed by atoms with E-state index in [4.69, 9.17) is 22.1 Å². The Hall–Kier alpha value is 0.390. The number of aliphatic hydroxyl groups is 4. The molecule has 1 heterocycles. The van der Waals surface area contributed by atoms with Gasteiger partial charge in [0.05, 0.1) is 6.61 Å². The van der Waals surface area contributed by atoms with Crippen LogP contribution in [-0.4, -0.2) is 67.0 Å². The maximum absolute atomic E-state index is 9.78. The monoisotopic (exact) mass is 329 g/mol. The molecule has 1 unspecified atom stereocenters. The molecule has 1 saturated heterocycles. The minimum Gasteiger partial charge on any atom is -0.394 e. The Kier molecular flexibility index (Phi) is 7.92. The molecule has 112 valence electrons. The lowest BCUT2D eigenvalue weighted by atomic mass is 10.0. The van der Waals surface area contributed by atoms with Crippen LogP contribution in [0.1, 0.15) is 13.3 Å². The molecule has 0 aromatic rings. The molecule has 0 amide bonds. The zero-order valence-electron chi connectivity index (χ0n) is 10.4. The Bertz CT molecular complexity index is 294. The molecule has 0 aromatic carbocycles. The molecule has 19 heavy (non-hydrogen) atoms. The van der Waals surface area contributed by atoms with Crippen molar-refractivity contribution in [3.8, 4) is 0 Å². The van der Waals surface area contributed by atoms with Crippen molar-refractivity contribution >= 4 is 40.2 Å². The maximum atomic E-state index is 9.78. The summed E-state index contributed by atoms with van der Waals surface area (Å²) in [6, 6.07) is 0. The summed E-state index contributed by atoms with van der Waals surface area (Å²) in [6.07, 6.45) is -3.85. The Balaban J connectivity index is 2.46. The van der Waals surface area contributed by atoms with Gasteiger partial charge in [0.15, 0.2) is 5.44 Å². The summed E-state index contributed by atoms with van der Waals surface area (Å²) >= 11 is 7.57. The molecule has 0 aromatic heterocycles. The lowest BCUT2D eigenvalue weighted by Crippen LogP contribution is -2.58. The second-order valence-corrected chi connectivity index (χ2v) is 6.73. The molecule has 1 fully saturated rings. The standard InChI is InChI=1S/C10H19NO5S3/c1-2-3-18-10(17)11-19-9-8(15)7(14)6(13)5(4-12)16-9/h5-9,12-15H,2-4H2,1H3,(H,11,17)/t5-,6+,7+,8-,9?/m1/s1. The fourth-order valence-corrected chi connectivity index (χ4v) is 3.37. The molecule has 1 rings (SSSR count). The second kappa shape index (κ2) is 8.63. The van der Waals surface area contributed by atoms with Gasteiger partial charge in [-0.2, -0.15) is 0 Å². The number of hydrogen-bond acceptors (Lipinski definition) is 8. The topological polar surface area (TPSA) is 102 Å². The Morgan fingerprint density at radius 3 is 2.53 bits per heavy atom. The number of rotatable bonds is 5. The zero-order chi connectivity index (χ0) is 14.4. The van der Waals surface area contributed by atoms with Gasteiger partial charge in [-0.05, 0) is 18.4 Å². The van der Waals surface area contributed by atoms with Gasteiger partial charge in [-0.1, -0.05) is 30.9 Å². The summed E-state index contributed by atoms with van der Waals surface area (Å²) in [6.45, 7) is 1.61. The van der Waals surface area contributed by atoms with Crippen LogP contribution >= 0.6 is 35.9 Å². The van der Waals surface area contributed by atoms with Crippen molar-refractivity contribution < 1.29 is 25.2 Å². The summed E-state index contributed by atoms with van der Waals surface area (Å²) in [5, 5.41) is 38.0. The molecule has 1 aliphatic heterocycles. The van der Waals surface area contributed by atoms with Crippen molar-refractivity contribution in [2.45, 2.75) is 43.2 Å². The van der Waals surface area contributed by atoms with Crippen LogP contribution in [0.15, 0.2) is 0 Å². The van der Waals surface area contributed by atoms with Gasteiger partial charge in [0.25, 0.3) is 0 Å². The SMILES string of the molecule is CCCSC(=S)NSC1O[C@H](CO)[C@H](O)[C@H](O)[C@H]1O. The largest absolute Gasteiger partial charge is 0.394 e. The number of thioether (sulfide) groups is 1. The minimum absolute atomic E-state index is 0.433. The van der Waals surface area contributed by atoms with E-state index in [1.54, 1.807) is 0 Å². The Labute approximate surface area is 126 Å². The highest BCUT2D eigenvalue weighted by atomic mass is 32.2. The summed E-state index contributed by atoms with van der Waals surface area (Å²) in [5.74, 6) is 0.890. The number of hydrogen-bond donors (Lipinski definition) is 5. The fraction of sp³-hybridized carbons (Fsp3) is 0.900. The Morgan fingerprint density at radius 1 is 1.26 bits per heavy atom. The third kappa shape index (κ3) is 5.01. The lowest BCUT2D eigenvalue weighted by molar-refractivity contribution is -0.205. The summed E-state index contributed by atoms with van der Waals surface area (Å²) < 4.78 is 8.72. The average molecular weight is 329 g/mol. The van der Waals surface area contributed by atoms with Gasteiger partial charge in [0, 0.05) is 5.75 Å². The van der Waals surface area contributed by atoms with E-state index in [-0.39, 0.29) is 0 Å². The van der Waals surface area contributed by atoms with Gasteiger partial charge in [-0.3, -0.25) is 0 Å². The Morgan fingerprint density at radius 2 is 1.95 bits per heavy atom. The van der Waals surface area contributed by atoms with Crippen LogP contribution in [0.3, 0.4) is 0 Å². The first kappa shape index (κ1) is 17.4. The van der Waals surface area contributed by atoms with Gasteiger partial charge < -0.3 is 29.9 Å². The van der Waals surface area contributed by atoms with E-state index in [9.17, 15) is 15.3 Å². The van der Waals surface area contributed by atoms with E-state index in [2.05, 4.69) is 4.72 Å². The molecule has 0 spiro atoms. The van der Waals surface area contributed by atoms with E-state index >= 15 is 0 Å². The number of thiocarbonyl (C=S) groups is 1. The highest BCUT2D eigenvalue weighted by Crippen LogP contribution is 2.27. The molecule has 9 heteroatoms. The molecule has 6 nitrogen and oxygen atoms in total. The van der Waals surface area contributed by atoms with E-state index < -0.39 is 36.5 Å². The molecule has 1 aliphatic rings. The van der Waals surface area contributed by atoms with Crippen LogP contribution in [0.5, 0.6) is 0 Å². The first-order valence-corrected chi connectivity index (χ1v) is 8.17. The van der Waals surface area contributed by atoms with Gasteiger partial charge in [0.2, 0.25) is 0 Å². The van der Waals surface area contributed by atoms with Gasteiger partial charge in [-0.15, -0.1) is 0 Å². The predicted octanol–water partition coefficient (Wildman–Crippen LogP) is -0.548. The van der Waals surface area contributed by atoms with Gasteiger partial charge in [-0.25, -0.2) is 0 Å². The van der Waals surface area contributed by atoms with Crippen molar-refractivity contribution in [2.24, 2.45) is 0 Å². The molecule has 0 saturated carbocycles. The number of aliphatic hydroxyl groups excluding tert-OH is 4. The first-order valence-electron chi connectivity index (χ1n) is 5.90. The van der Waals surface area contributed by atoms with Crippen LogP contribution < -0.4 is 4.72 Å². The summed E-state index contributed by atoms with van der Waals surface area (Å²) in [5.41, 5.74) is -0.810. The number of nitrogens with one attached hydrogen (secondary N) is 1. The van der Waals surface area contributed by atoms with E-state index in [1.165, 1.54) is 11.8 Å². The second-order valence-electron chi connectivity index (χ2n) is 4.05. The van der Waals surface area contributed by atoms with Crippen LogP contribution in [0.2, 0.25) is 0 Å². The maximum Gasteiger partial charge on any atom is 0.151 e. The molecule has 5 N–H and O–H groups in total. The van der Waals surface area contributed by atoms with Crippen molar-refractivity contribution in [3.05, 3.63) is 0 Å². The molecule has 0 bridgehead atoms. The normalized spacial score (nSPS) is 35.1. The van der Waals surface area contributed by atoms with Gasteiger partial charge >= 0.3 is 0 Å². The molecular weight excluding hydrogens is 310 g/mol. The zero-order valence-corrected chi connectivity index (χ0v) is 12.9. The summed E-state index contributed by atoms with van der Waals surface area (Å²) in [4.78, 5) is 0. The van der Waals surface area contributed by atoms with Crippen LogP contribution in [0, 0.1) is 0 Å². The highest BCUT2D eigenvalue weighted by Gasteiger charge is 2.43. The molecular formula is C10H19NO5S3. The smallest absolute Gasteiger partial charge is 0.151 e. The van der Waals surface area contributed by atoms with Crippen molar-refractivity contribution in [1.29, 1.82) is 0 Å². The van der Waals surface area contributed by atoms with Gasteiger partial charge in [0.1, 0.15) is 28.7 Å². The fourth-order valence-electron chi connectivity index (χ4n) is 1.50. The average Bonchev–Trinajstić information content (AvgIpc) is 2.41. The van der Waals surface area contributed by atoms with E-state index in [0.29, 0.717) is 4.32 Å². The number of ether oxygens (including phenoxy) is 1. The van der Waals surface area contributed by atoms with Crippen molar-refractivity contribution in [3.63, 3.8) is 0 Å². The molecule has 0 radical (unpaired) electrons. The highest BCUT2D eigenvalue weighted by molar-refractivity contribution is 8.24. The van der Waals surface area contributed by atoms with Crippen molar-refractivity contribution in [2.75, 3.05) is 12.4 Å². The minimum atomic E-state index is -1.36.